The summed E-state index contributed by atoms with van der Waals surface area (Å²) in [6, 6.07) is 0. The van der Waals surface area contributed by atoms with Crippen LogP contribution in [0.1, 0.15) is 0 Å². The van der Waals surface area contributed by atoms with E-state index >= 15 is 0 Å². The van der Waals surface area contributed by atoms with Crippen molar-refractivity contribution in [3.05, 3.63) is 16.6 Å². The van der Waals surface area contributed by atoms with Crippen molar-refractivity contribution in [3.63, 3.8) is 0 Å². The van der Waals surface area contributed by atoms with Gasteiger partial charge in [0.25, 0.3) is 5.56 Å². The Morgan fingerprint density at radius 3 is 3.17 bits per heavy atom. The third-order valence-corrected chi connectivity index (χ3v) is 1.18. The molecule has 0 fully saturated rings. The number of anilines is 2. The zero-order valence-electron chi connectivity index (χ0n) is 6.29. The van der Waals surface area contributed by atoms with Gasteiger partial charge in [-0.3, -0.25) is 9.78 Å². The summed E-state index contributed by atoms with van der Waals surface area (Å²) in [5.41, 5.74) is 4.96. The molecule has 1 aromatic rings. The Kier molecular flexibility index (Phi) is 2.33. The van der Waals surface area contributed by atoms with Crippen molar-refractivity contribution in [3.8, 4) is 12.3 Å². The highest BCUT2D eigenvalue weighted by molar-refractivity contribution is 5.36. The van der Waals surface area contributed by atoms with E-state index in [0.717, 1.165) is 0 Å². The molecule has 0 bridgehead atoms. The van der Waals surface area contributed by atoms with Crippen LogP contribution in [0.25, 0.3) is 0 Å². The number of nitrogens with two attached hydrogens (primary N) is 1. The van der Waals surface area contributed by atoms with E-state index in [4.69, 9.17) is 12.2 Å². The zero-order chi connectivity index (χ0) is 8.97. The highest BCUT2D eigenvalue weighted by Crippen LogP contribution is 1.93. The van der Waals surface area contributed by atoms with E-state index in [1.807, 2.05) is 0 Å². The monoisotopic (exact) mass is 164 g/mol. The maximum absolute atomic E-state index is 10.9. The number of H-pyrrole nitrogens is 1. The predicted molar refractivity (Wildman–Crippen MR) is 46.6 cm³/mol. The standard InChI is InChI=1S/C7H8N4O/c1-2-3-9-7-10-4-5(8)6(12)11-7/h1,4H,3,8H2,(H2,9,10,11,12). The molecule has 0 radical (unpaired) electrons. The van der Waals surface area contributed by atoms with Gasteiger partial charge >= 0.3 is 0 Å². The van der Waals surface area contributed by atoms with Crippen LogP contribution in [0.15, 0.2) is 11.0 Å². The first-order valence-corrected chi connectivity index (χ1v) is 3.26. The quantitative estimate of drug-likeness (QED) is 0.509. The molecular formula is C7H8N4O. The summed E-state index contributed by atoms with van der Waals surface area (Å²) in [6.45, 7) is 0.312. The van der Waals surface area contributed by atoms with Gasteiger partial charge in [-0.1, -0.05) is 5.92 Å². The van der Waals surface area contributed by atoms with Gasteiger partial charge in [-0.15, -0.1) is 6.42 Å². The van der Waals surface area contributed by atoms with Crippen LogP contribution in [0.2, 0.25) is 0 Å². The third kappa shape index (κ3) is 1.76. The van der Waals surface area contributed by atoms with Crippen LogP contribution in [0.3, 0.4) is 0 Å². The molecule has 1 rings (SSSR count). The average Bonchev–Trinajstić information content (AvgIpc) is 2.07. The molecule has 0 saturated heterocycles. The lowest BCUT2D eigenvalue weighted by atomic mass is 10.5. The second-order valence-electron chi connectivity index (χ2n) is 2.07. The summed E-state index contributed by atoms with van der Waals surface area (Å²) in [5, 5.41) is 2.70. The molecule has 1 aromatic heterocycles. The lowest BCUT2D eigenvalue weighted by Crippen LogP contribution is -2.15. The van der Waals surface area contributed by atoms with E-state index in [9.17, 15) is 4.79 Å². The predicted octanol–water partition coefficient (Wildman–Crippen LogP) is -0.603. The van der Waals surface area contributed by atoms with Gasteiger partial charge in [-0.25, -0.2) is 4.98 Å². The normalized spacial score (nSPS) is 8.92. The highest BCUT2D eigenvalue weighted by atomic mass is 16.1. The Morgan fingerprint density at radius 2 is 2.58 bits per heavy atom. The van der Waals surface area contributed by atoms with Crippen LogP contribution in [-0.4, -0.2) is 16.5 Å². The molecule has 0 spiro atoms. The van der Waals surface area contributed by atoms with Crippen molar-refractivity contribution >= 4 is 11.6 Å². The van der Waals surface area contributed by atoms with Crippen LogP contribution >= 0.6 is 0 Å². The maximum Gasteiger partial charge on any atom is 0.275 e. The molecule has 0 saturated carbocycles. The van der Waals surface area contributed by atoms with Gasteiger partial charge in [0.2, 0.25) is 5.95 Å². The summed E-state index contributed by atoms with van der Waals surface area (Å²) < 4.78 is 0. The van der Waals surface area contributed by atoms with Crippen LogP contribution < -0.4 is 16.6 Å². The first-order chi connectivity index (χ1) is 5.74. The van der Waals surface area contributed by atoms with Gasteiger partial charge < -0.3 is 11.1 Å². The van der Waals surface area contributed by atoms with Crippen molar-refractivity contribution in [2.45, 2.75) is 0 Å². The van der Waals surface area contributed by atoms with E-state index in [1.165, 1.54) is 6.20 Å². The minimum atomic E-state index is -0.371. The fraction of sp³-hybridized carbons (Fsp3) is 0.143. The number of nitrogen functional groups attached to an aromatic ring is 1. The summed E-state index contributed by atoms with van der Waals surface area (Å²) in [4.78, 5) is 17.1. The summed E-state index contributed by atoms with van der Waals surface area (Å²) in [5.74, 6) is 2.67. The summed E-state index contributed by atoms with van der Waals surface area (Å²) >= 11 is 0. The Hall–Kier alpha value is -1.96. The number of rotatable bonds is 2. The van der Waals surface area contributed by atoms with E-state index < -0.39 is 0 Å². The van der Waals surface area contributed by atoms with Crippen molar-refractivity contribution in [2.75, 3.05) is 17.6 Å². The molecule has 0 aromatic carbocycles. The number of hydrogen-bond donors (Lipinski definition) is 3. The molecule has 0 amide bonds. The van der Waals surface area contributed by atoms with Crippen molar-refractivity contribution in [1.82, 2.24) is 9.97 Å². The Balaban J connectivity index is 2.84. The van der Waals surface area contributed by atoms with Crippen molar-refractivity contribution in [2.24, 2.45) is 0 Å². The first-order valence-electron chi connectivity index (χ1n) is 3.26. The average molecular weight is 164 g/mol. The van der Waals surface area contributed by atoms with Crippen molar-refractivity contribution < 1.29 is 0 Å². The molecule has 0 aliphatic heterocycles. The number of nitrogens with zero attached hydrogens (tertiary/aromatic N) is 1. The van der Waals surface area contributed by atoms with E-state index in [0.29, 0.717) is 12.5 Å². The second-order valence-corrected chi connectivity index (χ2v) is 2.07. The molecule has 5 nitrogen and oxygen atoms in total. The fourth-order valence-corrected chi connectivity index (χ4v) is 0.629. The van der Waals surface area contributed by atoms with Crippen LogP contribution in [-0.2, 0) is 0 Å². The number of aromatic amines is 1. The number of nitrogens with one attached hydrogen (secondary N) is 2. The SMILES string of the molecule is C#CCNc1ncc(N)c(=O)[nH]1. The van der Waals surface area contributed by atoms with Gasteiger partial charge in [0, 0.05) is 0 Å². The van der Waals surface area contributed by atoms with Gasteiger partial charge in [0.15, 0.2) is 0 Å². The number of aromatic nitrogens is 2. The Morgan fingerprint density at radius 1 is 1.83 bits per heavy atom. The van der Waals surface area contributed by atoms with Crippen LogP contribution in [0, 0.1) is 12.3 Å². The molecule has 0 aliphatic carbocycles. The molecule has 0 atom stereocenters. The van der Waals surface area contributed by atoms with Gasteiger partial charge in [0.1, 0.15) is 5.69 Å². The molecule has 0 unspecified atom stereocenters. The van der Waals surface area contributed by atoms with Crippen molar-refractivity contribution in [1.29, 1.82) is 0 Å². The topological polar surface area (TPSA) is 83.8 Å². The van der Waals surface area contributed by atoms with E-state index in [1.54, 1.807) is 0 Å². The van der Waals surface area contributed by atoms with Crippen LogP contribution in [0.5, 0.6) is 0 Å². The molecule has 12 heavy (non-hydrogen) atoms. The Bertz CT molecular complexity index is 362. The number of terminal acetylenes is 1. The lowest BCUT2D eigenvalue weighted by Gasteiger charge is -1.99. The lowest BCUT2D eigenvalue weighted by molar-refractivity contribution is 1.10. The third-order valence-electron chi connectivity index (χ3n) is 1.18. The highest BCUT2D eigenvalue weighted by Gasteiger charge is 1.95. The maximum atomic E-state index is 10.9. The van der Waals surface area contributed by atoms with E-state index in [2.05, 4.69) is 21.2 Å². The molecule has 5 heteroatoms. The fourth-order valence-electron chi connectivity index (χ4n) is 0.629. The molecule has 4 N–H and O–H groups in total. The molecule has 1 heterocycles. The Labute approximate surface area is 69.0 Å². The molecule has 0 aliphatic rings. The van der Waals surface area contributed by atoms with Gasteiger partial charge in [-0.05, 0) is 0 Å². The number of hydrogen-bond acceptors (Lipinski definition) is 4. The minimum absolute atomic E-state index is 0.0845. The first kappa shape index (κ1) is 8.14. The minimum Gasteiger partial charge on any atom is -0.393 e. The summed E-state index contributed by atoms with van der Waals surface area (Å²) in [6.07, 6.45) is 6.26. The second kappa shape index (κ2) is 3.44. The summed E-state index contributed by atoms with van der Waals surface area (Å²) in [7, 11) is 0. The van der Waals surface area contributed by atoms with Gasteiger partial charge in [0.05, 0.1) is 12.7 Å². The molecular weight excluding hydrogens is 156 g/mol. The zero-order valence-corrected chi connectivity index (χ0v) is 6.29. The van der Waals surface area contributed by atoms with E-state index in [-0.39, 0.29) is 11.2 Å². The van der Waals surface area contributed by atoms with Gasteiger partial charge in [-0.2, -0.15) is 0 Å². The molecule has 62 valence electrons. The smallest absolute Gasteiger partial charge is 0.275 e. The van der Waals surface area contributed by atoms with Crippen LogP contribution in [0.4, 0.5) is 11.6 Å². The largest absolute Gasteiger partial charge is 0.393 e.